The molecule has 138 valence electrons. The lowest BCUT2D eigenvalue weighted by atomic mass is 10.1. The summed E-state index contributed by atoms with van der Waals surface area (Å²) in [7, 11) is 0. The van der Waals surface area contributed by atoms with Crippen molar-refractivity contribution in [1.29, 1.82) is 0 Å². The van der Waals surface area contributed by atoms with Crippen LogP contribution in [-0.4, -0.2) is 26.8 Å². The Bertz CT molecular complexity index is 1010. The van der Waals surface area contributed by atoms with E-state index in [1.165, 1.54) is 0 Å². The number of carbonyl (C=O) groups excluding carboxylic acids is 1. The van der Waals surface area contributed by atoms with E-state index in [-0.39, 0.29) is 17.2 Å². The molecule has 0 saturated heterocycles. The lowest BCUT2D eigenvalue weighted by Gasteiger charge is -2.08. The highest BCUT2D eigenvalue weighted by Crippen LogP contribution is 2.20. The number of amides is 1. The molecule has 0 spiro atoms. The first-order valence-corrected chi connectivity index (χ1v) is 9.56. The van der Waals surface area contributed by atoms with E-state index in [1.54, 1.807) is 12.1 Å². The molecule has 0 aliphatic heterocycles. The van der Waals surface area contributed by atoms with Gasteiger partial charge in [-0.1, -0.05) is 59.8 Å². The number of nitrogens with one attached hydrogen (secondary N) is 2. The number of rotatable bonds is 6. The van der Waals surface area contributed by atoms with Gasteiger partial charge < -0.3 is 5.32 Å². The van der Waals surface area contributed by atoms with Gasteiger partial charge in [0.2, 0.25) is 5.91 Å². The monoisotopic (exact) mass is 400 g/mol. The maximum Gasteiger partial charge on any atom is 0.273 e. The Morgan fingerprint density at radius 2 is 1.96 bits per heavy atom. The smallest absolute Gasteiger partial charge is 0.273 e. The van der Waals surface area contributed by atoms with E-state index in [2.05, 4.69) is 20.5 Å². The third-order valence-corrected chi connectivity index (χ3v) is 4.87. The van der Waals surface area contributed by atoms with Crippen molar-refractivity contribution in [1.82, 2.24) is 15.2 Å². The summed E-state index contributed by atoms with van der Waals surface area (Å²) in [4.78, 5) is 27.0. The van der Waals surface area contributed by atoms with Crippen molar-refractivity contribution < 1.29 is 4.79 Å². The first-order chi connectivity index (χ1) is 13.0. The van der Waals surface area contributed by atoms with Crippen LogP contribution in [0.1, 0.15) is 16.8 Å². The van der Waals surface area contributed by atoms with Crippen LogP contribution in [0.2, 0.25) is 5.02 Å². The summed E-state index contributed by atoms with van der Waals surface area (Å²) in [6.45, 7) is 1.88. The molecule has 0 saturated carbocycles. The first kappa shape index (κ1) is 19.1. The minimum absolute atomic E-state index is 0.0919. The normalized spacial score (nSPS) is 10.6. The van der Waals surface area contributed by atoms with Crippen LogP contribution in [0, 0.1) is 6.92 Å². The van der Waals surface area contributed by atoms with E-state index in [0.717, 1.165) is 22.9 Å². The molecule has 3 aromatic rings. The number of aryl methyl sites for hydroxylation is 1. The lowest BCUT2D eigenvalue weighted by Crippen LogP contribution is -2.19. The Labute approximate surface area is 165 Å². The number of carbonyl (C=O) groups is 1. The summed E-state index contributed by atoms with van der Waals surface area (Å²) in [5.74, 6) is -0.129. The number of thioether (sulfide) groups is 1. The Hall–Kier alpha value is -2.64. The number of anilines is 1. The number of benzene rings is 2. The molecule has 1 amide bonds. The van der Waals surface area contributed by atoms with E-state index in [0.29, 0.717) is 28.0 Å². The van der Waals surface area contributed by atoms with Crippen LogP contribution in [0.25, 0.3) is 0 Å². The minimum atomic E-state index is -0.303. The third-order valence-electron chi connectivity index (χ3n) is 3.77. The van der Waals surface area contributed by atoms with Gasteiger partial charge in [0.1, 0.15) is 5.69 Å². The number of aromatic nitrogens is 3. The second-order valence-electron chi connectivity index (χ2n) is 5.86. The Morgan fingerprint density at radius 1 is 1.19 bits per heavy atom. The molecule has 0 atom stereocenters. The number of nitrogens with zero attached hydrogens (tertiary/aromatic N) is 2. The molecule has 0 radical (unpaired) electrons. The van der Waals surface area contributed by atoms with Crippen LogP contribution >= 0.6 is 23.4 Å². The molecule has 1 heterocycles. The van der Waals surface area contributed by atoms with Crippen LogP contribution in [0.5, 0.6) is 0 Å². The highest BCUT2D eigenvalue weighted by molar-refractivity contribution is 7.99. The number of aromatic amines is 1. The van der Waals surface area contributed by atoms with Gasteiger partial charge in [-0.15, -0.1) is 10.2 Å². The fourth-order valence-corrected chi connectivity index (χ4v) is 3.14. The van der Waals surface area contributed by atoms with Gasteiger partial charge in [0.15, 0.2) is 5.16 Å². The van der Waals surface area contributed by atoms with Crippen molar-refractivity contribution in [3.63, 3.8) is 0 Å². The topological polar surface area (TPSA) is 87.7 Å². The predicted octanol–water partition coefficient (Wildman–Crippen LogP) is 3.45. The third kappa shape index (κ3) is 5.42. The highest BCUT2D eigenvalue weighted by Gasteiger charge is 2.10. The summed E-state index contributed by atoms with van der Waals surface area (Å²) < 4.78 is 0. The first-order valence-electron chi connectivity index (χ1n) is 8.20. The maximum absolute atomic E-state index is 12.2. The number of hydrogen-bond acceptors (Lipinski definition) is 5. The molecule has 1 aromatic heterocycles. The van der Waals surface area contributed by atoms with Gasteiger partial charge in [0.25, 0.3) is 5.56 Å². The molecule has 8 heteroatoms. The molecule has 3 rings (SSSR count). The fraction of sp³-hybridized carbons (Fsp3) is 0.158. The Balaban J connectivity index is 1.59. The van der Waals surface area contributed by atoms with Crippen molar-refractivity contribution in [3.8, 4) is 0 Å². The zero-order valence-electron chi connectivity index (χ0n) is 14.5. The van der Waals surface area contributed by atoms with Crippen LogP contribution in [0.15, 0.2) is 58.5 Å². The van der Waals surface area contributed by atoms with Gasteiger partial charge >= 0.3 is 0 Å². The average Bonchev–Trinajstić information content (AvgIpc) is 2.66. The molecule has 0 aliphatic rings. The van der Waals surface area contributed by atoms with Crippen molar-refractivity contribution in [2.75, 3.05) is 11.1 Å². The van der Waals surface area contributed by atoms with Gasteiger partial charge in [-0.05, 0) is 30.2 Å². The van der Waals surface area contributed by atoms with Gasteiger partial charge in [0, 0.05) is 17.1 Å². The van der Waals surface area contributed by atoms with Crippen LogP contribution in [0.3, 0.4) is 0 Å². The second-order valence-corrected chi connectivity index (χ2v) is 7.26. The minimum Gasteiger partial charge on any atom is -0.325 e. The standard InChI is InChI=1S/C19H17ClN4O2S/c1-12-7-8-14(20)10-15(12)21-17(25)11-27-19-22-18(26)16(23-24-19)9-13-5-3-2-4-6-13/h2-8,10H,9,11H2,1H3,(H,21,25)(H,22,24,26). The molecule has 0 fully saturated rings. The molecule has 27 heavy (non-hydrogen) atoms. The molecule has 6 nitrogen and oxygen atoms in total. The highest BCUT2D eigenvalue weighted by atomic mass is 35.5. The lowest BCUT2D eigenvalue weighted by molar-refractivity contribution is -0.113. The summed E-state index contributed by atoms with van der Waals surface area (Å²) in [6, 6.07) is 14.9. The van der Waals surface area contributed by atoms with Crippen molar-refractivity contribution in [3.05, 3.63) is 80.7 Å². The van der Waals surface area contributed by atoms with Crippen molar-refractivity contribution in [2.24, 2.45) is 0 Å². The fourth-order valence-electron chi connectivity index (χ4n) is 2.36. The predicted molar refractivity (Wildman–Crippen MR) is 107 cm³/mol. The largest absolute Gasteiger partial charge is 0.325 e. The zero-order valence-corrected chi connectivity index (χ0v) is 16.1. The van der Waals surface area contributed by atoms with Gasteiger partial charge in [0.05, 0.1) is 5.75 Å². The van der Waals surface area contributed by atoms with Gasteiger partial charge in [-0.3, -0.25) is 14.6 Å². The quantitative estimate of drug-likeness (QED) is 0.619. The maximum atomic E-state index is 12.2. The molecule has 0 unspecified atom stereocenters. The molecular formula is C19H17ClN4O2S. The second kappa shape index (κ2) is 8.83. The number of hydrogen-bond donors (Lipinski definition) is 2. The summed E-state index contributed by atoms with van der Waals surface area (Å²) in [5, 5.41) is 11.6. The van der Waals surface area contributed by atoms with Crippen molar-refractivity contribution >= 4 is 35.0 Å². The Kier molecular flexibility index (Phi) is 6.26. The SMILES string of the molecule is Cc1ccc(Cl)cc1NC(=O)CSc1nnc(Cc2ccccc2)c(=O)[nH]1. The molecule has 0 bridgehead atoms. The van der Waals surface area contributed by atoms with E-state index in [1.807, 2.05) is 43.3 Å². The van der Waals surface area contributed by atoms with E-state index >= 15 is 0 Å². The van der Waals surface area contributed by atoms with E-state index in [9.17, 15) is 9.59 Å². The number of halogens is 1. The van der Waals surface area contributed by atoms with Gasteiger partial charge in [-0.25, -0.2) is 0 Å². The van der Waals surface area contributed by atoms with Crippen LogP contribution < -0.4 is 10.9 Å². The van der Waals surface area contributed by atoms with Gasteiger partial charge in [-0.2, -0.15) is 0 Å². The van der Waals surface area contributed by atoms with Crippen molar-refractivity contribution in [2.45, 2.75) is 18.5 Å². The summed E-state index contributed by atoms with van der Waals surface area (Å²) in [6.07, 6.45) is 0.405. The number of H-pyrrole nitrogens is 1. The van der Waals surface area contributed by atoms with Crippen LogP contribution in [0.4, 0.5) is 5.69 Å². The summed E-state index contributed by atoms with van der Waals surface area (Å²) >= 11 is 7.06. The molecular weight excluding hydrogens is 384 g/mol. The Morgan fingerprint density at radius 3 is 2.70 bits per heavy atom. The summed E-state index contributed by atoms with van der Waals surface area (Å²) in [5.41, 5.74) is 2.59. The zero-order chi connectivity index (χ0) is 19.2. The molecule has 2 aromatic carbocycles. The van der Waals surface area contributed by atoms with Crippen LogP contribution in [-0.2, 0) is 11.2 Å². The average molecular weight is 401 g/mol. The molecule has 0 aliphatic carbocycles. The van der Waals surface area contributed by atoms with E-state index in [4.69, 9.17) is 11.6 Å². The van der Waals surface area contributed by atoms with E-state index < -0.39 is 0 Å². The molecule has 2 N–H and O–H groups in total.